The monoisotopic (exact) mass is 518 g/mol. The number of hydrogen-bond acceptors (Lipinski definition) is 6. The van der Waals surface area contributed by atoms with Crippen molar-refractivity contribution in [3.05, 3.63) is 71.4 Å². The summed E-state index contributed by atoms with van der Waals surface area (Å²) in [5.41, 5.74) is 0.680. The van der Waals surface area contributed by atoms with Crippen LogP contribution in [0.2, 0.25) is 0 Å². The lowest BCUT2D eigenvalue weighted by Crippen LogP contribution is -2.29. The predicted octanol–water partition coefficient (Wildman–Crippen LogP) is 5.25. The number of nitrogens with zero attached hydrogens (tertiary/aromatic N) is 2. The zero-order valence-electron chi connectivity index (χ0n) is 19.6. The molecule has 1 saturated heterocycles. The zero-order valence-corrected chi connectivity index (χ0v) is 21.2. The van der Waals surface area contributed by atoms with E-state index in [1.807, 2.05) is 0 Å². The first kappa shape index (κ1) is 26.5. The third-order valence-corrected chi connectivity index (χ3v) is 7.40. The summed E-state index contributed by atoms with van der Waals surface area (Å²) in [5.74, 6) is 0.175. The quantitative estimate of drug-likeness (QED) is 0.229. The fourth-order valence-corrected chi connectivity index (χ4v) is 5.40. The Hall–Kier alpha value is -3.11. The summed E-state index contributed by atoms with van der Waals surface area (Å²) in [6, 6.07) is 9.65. The minimum atomic E-state index is -4.15. The highest BCUT2D eigenvalue weighted by Gasteiger charge is 2.34. The van der Waals surface area contributed by atoms with Gasteiger partial charge in [-0.25, -0.2) is 4.39 Å². The molecule has 186 valence electrons. The molecule has 3 rings (SSSR count). The van der Waals surface area contributed by atoms with Crippen LogP contribution in [0.3, 0.4) is 0 Å². The standard InChI is InChI=1S/C25H27FN2O5S2/c1-4-6-7-15-33-21-13-8-18(16-22(21)32-3)17-23-24(29)28(14-5-2)25(34-23)27-35(30,31)20-11-9-19(26)10-12-20/h5,8-13,16-17H,2,4,6-7,14-15H2,1,3H3/b23-17-,27-25?. The molecule has 35 heavy (non-hydrogen) atoms. The summed E-state index contributed by atoms with van der Waals surface area (Å²) in [4.78, 5) is 14.4. The Balaban J connectivity index is 1.88. The van der Waals surface area contributed by atoms with Crippen molar-refractivity contribution in [2.24, 2.45) is 4.40 Å². The van der Waals surface area contributed by atoms with Gasteiger partial charge in [-0.2, -0.15) is 8.42 Å². The third-order valence-electron chi connectivity index (χ3n) is 5.00. The molecule has 0 radical (unpaired) electrons. The fraction of sp³-hybridized carbons (Fsp3) is 0.280. The van der Waals surface area contributed by atoms with E-state index in [2.05, 4.69) is 17.9 Å². The van der Waals surface area contributed by atoms with Gasteiger partial charge in [0.25, 0.3) is 15.9 Å². The smallest absolute Gasteiger partial charge is 0.284 e. The summed E-state index contributed by atoms with van der Waals surface area (Å²) in [6.45, 7) is 6.42. The summed E-state index contributed by atoms with van der Waals surface area (Å²) < 4.78 is 53.8. The molecule has 0 unspecified atom stereocenters. The van der Waals surface area contributed by atoms with E-state index in [0.717, 1.165) is 55.3 Å². The van der Waals surface area contributed by atoms with Crippen LogP contribution in [-0.4, -0.2) is 44.7 Å². The molecule has 1 aliphatic heterocycles. The van der Waals surface area contributed by atoms with E-state index in [1.54, 1.807) is 24.3 Å². The molecule has 1 amide bonds. The van der Waals surface area contributed by atoms with Crippen molar-refractivity contribution in [2.45, 2.75) is 31.1 Å². The molecule has 0 N–H and O–H groups in total. The highest BCUT2D eigenvalue weighted by atomic mass is 32.2. The van der Waals surface area contributed by atoms with E-state index in [4.69, 9.17) is 9.47 Å². The van der Waals surface area contributed by atoms with Crippen LogP contribution in [0.4, 0.5) is 4.39 Å². The lowest BCUT2D eigenvalue weighted by Gasteiger charge is -2.12. The van der Waals surface area contributed by atoms with Gasteiger partial charge in [-0.3, -0.25) is 9.69 Å². The Kier molecular flexibility index (Phi) is 9.11. The number of methoxy groups -OCH3 is 1. The normalized spacial score (nSPS) is 16.2. The first-order valence-corrected chi connectivity index (χ1v) is 13.3. The van der Waals surface area contributed by atoms with Crippen LogP contribution < -0.4 is 9.47 Å². The number of amides is 1. The number of halogens is 1. The number of carbonyl (C=O) groups is 1. The average molecular weight is 519 g/mol. The Bertz CT molecular complexity index is 1240. The van der Waals surface area contributed by atoms with Gasteiger partial charge in [0, 0.05) is 6.54 Å². The van der Waals surface area contributed by atoms with Crippen molar-refractivity contribution in [3.8, 4) is 11.5 Å². The molecule has 2 aromatic carbocycles. The molecular weight excluding hydrogens is 491 g/mol. The first-order valence-electron chi connectivity index (χ1n) is 11.0. The van der Waals surface area contributed by atoms with Crippen LogP contribution >= 0.6 is 11.8 Å². The molecule has 1 heterocycles. The zero-order chi connectivity index (χ0) is 25.4. The number of amidine groups is 1. The second-order valence-electron chi connectivity index (χ2n) is 7.58. The van der Waals surface area contributed by atoms with Gasteiger partial charge in [-0.15, -0.1) is 11.0 Å². The lowest BCUT2D eigenvalue weighted by molar-refractivity contribution is -0.121. The molecule has 1 aliphatic rings. The Morgan fingerprint density at radius 3 is 2.54 bits per heavy atom. The van der Waals surface area contributed by atoms with Gasteiger partial charge >= 0.3 is 0 Å². The van der Waals surface area contributed by atoms with Crippen LogP contribution in [0.5, 0.6) is 11.5 Å². The Morgan fingerprint density at radius 1 is 1.14 bits per heavy atom. The Labute approximate surface area is 209 Å². The van der Waals surface area contributed by atoms with Crippen LogP contribution in [-0.2, 0) is 14.8 Å². The number of carbonyl (C=O) groups excluding carboxylic acids is 1. The van der Waals surface area contributed by atoms with Crippen LogP contribution in [0.25, 0.3) is 6.08 Å². The molecule has 2 aromatic rings. The number of unbranched alkanes of at least 4 members (excludes halogenated alkanes) is 2. The molecule has 0 spiro atoms. The van der Waals surface area contributed by atoms with Gasteiger partial charge in [-0.05, 0) is 66.2 Å². The van der Waals surface area contributed by atoms with E-state index >= 15 is 0 Å². The summed E-state index contributed by atoms with van der Waals surface area (Å²) in [7, 11) is -2.61. The lowest BCUT2D eigenvalue weighted by atomic mass is 10.2. The van der Waals surface area contributed by atoms with Crippen molar-refractivity contribution in [1.82, 2.24) is 4.90 Å². The van der Waals surface area contributed by atoms with Crippen LogP contribution in [0.1, 0.15) is 31.7 Å². The molecule has 0 aliphatic carbocycles. The molecule has 0 aromatic heterocycles. The fourth-order valence-electron chi connectivity index (χ4n) is 3.21. The summed E-state index contributed by atoms with van der Waals surface area (Å²) >= 11 is 0.938. The maximum Gasteiger partial charge on any atom is 0.284 e. The minimum Gasteiger partial charge on any atom is -0.493 e. The SMILES string of the molecule is C=CCN1C(=O)/C(=C/c2ccc(OCCCCC)c(OC)c2)SC1=NS(=O)(=O)c1ccc(F)cc1. The van der Waals surface area contributed by atoms with E-state index in [-0.39, 0.29) is 16.6 Å². The third kappa shape index (κ3) is 6.73. The number of benzene rings is 2. The Morgan fingerprint density at radius 2 is 1.89 bits per heavy atom. The number of hydrogen-bond donors (Lipinski definition) is 0. The summed E-state index contributed by atoms with van der Waals surface area (Å²) in [6.07, 6.45) is 6.24. The first-order chi connectivity index (χ1) is 16.8. The molecule has 1 fully saturated rings. The molecule has 0 bridgehead atoms. The van der Waals surface area contributed by atoms with Gasteiger partial charge in [-0.1, -0.05) is 31.9 Å². The largest absolute Gasteiger partial charge is 0.493 e. The molecule has 10 heteroatoms. The van der Waals surface area contributed by atoms with Gasteiger partial charge in [0.15, 0.2) is 16.7 Å². The van der Waals surface area contributed by atoms with Crippen LogP contribution in [0, 0.1) is 5.82 Å². The minimum absolute atomic E-state index is 0.00619. The van der Waals surface area contributed by atoms with Crippen molar-refractivity contribution in [2.75, 3.05) is 20.3 Å². The van der Waals surface area contributed by atoms with Crippen LogP contribution in [0.15, 0.2) is 69.3 Å². The number of rotatable bonds is 11. The average Bonchev–Trinajstić information content (AvgIpc) is 3.11. The molecule has 0 atom stereocenters. The van der Waals surface area contributed by atoms with Crippen molar-refractivity contribution >= 4 is 38.9 Å². The number of ether oxygens (including phenoxy) is 2. The maximum atomic E-state index is 13.2. The number of sulfonamides is 1. The van der Waals surface area contributed by atoms with Gasteiger partial charge < -0.3 is 9.47 Å². The highest BCUT2D eigenvalue weighted by molar-refractivity contribution is 8.19. The van der Waals surface area contributed by atoms with Crippen molar-refractivity contribution < 1.29 is 27.1 Å². The molecule has 7 nitrogen and oxygen atoms in total. The second kappa shape index (κ2) is 12.0. The topological polar surface area (TPSA) is 85.3 Å². The van der Waals surface area contributed by atoms with Gasteiger partial charge in [0.05, 0.1) is 23.5 Å². The highest BCUT2D eigenvalue weighted by Crippen LogP contribution is 2.35. The number of thioether (sulfide) groups is 1. The second-order valence-corrected chi connectivity index (χ2v) is 10.2. The summed E-state index contributed by atoms with van der Waals surface area (Å²) in [5, 5.41) is -0.00619. The van der Waals surface area contributed by atoms with Gasteiger partial charge in [0.1, 0.15) is 5.82 Å². The van der Waals surface area contributed by atoms with E-state index in [0.29, 0.717) is 28.6 Å². The van der Waals surface area contributed by atoms with Crippen molar-refractivity contribution in [1.29, 1.82) is 0 Å². The molecule has 0 saturated carbocycles. The van der Waals surface area contributed by atoms with Gasteiger partial charge in [0.2, 0.25) is 0 Å². The van der Waals surface area contributed by atoms with E-state index in [1.165, 1.54) is 18.1 Å². The van der Waals surface area contributed by atoms with E-state index in [9.17, 15) is 17.6 Å². The van der Waals surface area contributed by atoms with Crippen molar-refractivity contribution in [3.63, 3.8) is 0 Å². The molecular formula is C25H27FN2O5S2. The predicted molar refractivity (Wildman–Crippen MR) is 137 cm³/mol. The van der Waals surface area contributed by atoms with E-state index < -0.39 is 21.7 Å². The maximum absolute atomic E-state index is 13.2.